The van der Waals surface area contributed by atoms with E-state index >= 15 is 0 Å². The van der Waals surface area contributed by atoms with Crippen LogP contribution in [0.5, 0.6) is 0 Å². The van der Waals surface area contributed by atoms with Crippen LogP contribution in [0.2, 0.25) is 0 Å². The van der Waals surface area contributed by atoms with Gasteiger partial charge in [0.25, 0.3) is 0 Å². The van der Waals surface area contributed by atoms with Gasteiger partial charge >= 0.3 is 0 Å². The van der Waals surface area contributed by atoms with Gasteiger partial charge in [-0.15, -0.1) is 0 Å². The van der Waals surface area contributed by atoms with Gasteiger partial charge in [-0.2, -0.15) is 16.9 Å². The van der Waals surface area contributed by atoms with Crippen molar-refractivity contribution >= 4 is 11.8 Å². The van der Waals surface area contributed by atoms with Gasteiger partial charge in [-0.25, -0.2) is 0 Å². The number of hydrogen-bond acceptors (Lipinski definition) is 3. The van der Waals surface area contributed by atoms with Crippen LogP contribution in [0, 0.1) is 0 Å². The lowest BCUT2D eigenvalue weighted by Gasteiger charge is -2.30. The standard InChI is InChI=1S/C14H25N3S/c1-4-17-10-12(9-15-17)11(2)16-13-5-7-14(18-3)8-6-13/h9-11,13-14,16H,4-8H2,1-3H3. The van der Waals surface area contributed by atoms with E-state index < -0.39 is 0 Å². The third kappa shape index (κ3) is 3.51. The highest BCUT2D eigenvalue weighted by molar-refractivity contribution is 7.99. The molecule has 1 N–H and O–H groups in total. The van der Waals surface area contributed by atoms with Crippen molar-refractivity contribution in [3.63, 3.8) is 0 Å². The Balaban J connectivity index is 1.82. The molecule has 0 radical (unpaired) electrons. The second-order valence-electron chi connectivity index (χ2n) is 5.23. The molecule has 1 aliphatic carbocycles. The molecule has 18 heavy (non-hydrogen) atoms. The number of aromatic nitrogens is 2. The van der Waals surface area contributed by atoms with Gasteiger partial charge in [-0.1, -0.05) is 0 Å². The summed E-state index contributed by atoms with van der Waals surface area (Å²) < 4.78 is 2.00. The Labute approximate surface area is 115 Å². The predicted octanol–water partition coefficient (Wildman–Crippen LogP) is 3.23. The van der Waals surface area contributed by atoms with E-state index in [9.17, 15) is 0 Å². The lowest BCUT2D eigenvalue weighted by atomic mass is 9.94. The molecule has 1 heterocycles. The fraction of sp³-hybridized carbons (Fsp3) is 0.786. The fourth-order valence-corrected chi connectivity index (χ4v) is 3.43. The van der Waals surface area contributed by atoms with Gasteiger partial charge in [0.05, 0.1) is 6.20 Å². The van der Waals surface area contributed by atoms with Crippen molar-refractivity contribution in [2.75, 3.05) is 6.26 Å². The van der Waals surface area contributed by atoms with E-state index in [0.717, 1.165) is 11.8 Å². The van der Waals surface area contributed by atoms with Crippen LogP contribution in [0.25, 0.3) is 0 Å². The molecule has 0 aliphatic heterocycles. The zero-order chi connectivity index (χ0) is 13.0. The molecule has 1 aromatic rings. The zero-order valence-electron chi connectivity index (χ0n) is 11.7. The maximum atomic E-state index is 4.35. The molecule has 2 rings (SSSR count). The van der Waals surface area contributed by atoms with Gasteiger partial charge in [-0.3, -0.25) is 4.68 Å². The molecule has 0 saturated heterocycles. The molecule has 3 nitrogen and oxygen atoms in total. The van der Waals surface area contributed by atoms with E-state index in [1.807, 2.05) is 22.6 Å². The highest BCUT2D eigenvalue weighted by atomic mass is 32.2. The van der Waals surface area contributed by atoms with Crippen molar-refractivity contribution in [3.05, 3.63) is 18.0 Å². The SMILES string of the molecule is CCn1cc(C(C)NC2CCC(SC)CC2)cn1. The molecule has 0 aromatic carbocycles. The monoisotopic (exact) mass is 267 g/mol. The highest BCUT2D eigenvalue weighted by Gasteiger charge is 2.22. The van der Waals surface area contributed by atoms with Crippen LogP contribution < -0.4 is 5.32 Å². The van der Waals surface area contributed by atoms with Crippen LogP contribution in [0.1, 0.15) is 51.1 Å². The second-order valence-corrected chi connectivity index (χ2v) is 6.37. The molecule has 1 saturated carbocycles. The summed E-state index contributed by atoms with van der Waals surface area (Å²) in [5.41, 5.74) is 1.31. The number of hydrogen-bond donors (Lipinski definition) is 1. The van der Waals surface area contributed by atoms with Crippen LogP contribution in [0.15, 0.2) is 12.4 Å². The van der Waals surface area contributed by atoms with Crippen molar-refractivity contribution in [2.45, 2.75) is 63.4 Å². The first-order valence-electron chi connectivity index (χ1n) is 7.04. The van der Waals surface area contributed by atoms with Gasteiger partial charge in [-0.05, 0) is 45.8 Å². The first-order valence-corrected chi connectivity index (χ1v) is 8.33. The van der Waals surface area contributed by atoms with E-state index in [1.165, 1.54) is 31.2 Å². The van der Waals surface area contributed by atoms with E-state index in [2.05, 4.69) is 36.7 Å². The molecule has 1 atom stereocenters. The highest BCUT2D eigenvalue weighted by Crippen LogP contribution is 2.28. The predicted molar refractivity (Wildman–Crippen MR) is 79.0 cm³/mol. The summed E-state index contributed by atoms with van der Waals surface area (Å²) in [6.07, 6.45) is 11.7. The van der Waals surface area contributed by atoms with Crippen molar-refractivity contribution in [2.24, 2.45) is 0 Å². The fourth-order valence-electron chi connectivity index (χ4n) is 2.69. The molecule has 0 bridgehead atoms. The summed E-state index contributed by atoms with van der Waals surface area (Å²) in [4.78, 5) is 0. The minimum atomic E-state index is 0.418. The van der Waals surface area contributed by atoms with E-state index in [-0.39, 0.29) is 0 Å². The number of rotatable bonds is 5. The summed E-state index contributed by atoms with van der Waals surface area (Å²) in [7, 11) is 0. The van der Waals surface area contributed by atoms with Crippen LogP contribution in [0.4, 0.5) is 0 Å². The van der Waals surface area contributed by atoms with Crippen molar-refractivity contribution < 1.29 is 0 Å². The molecule has 1 fully saturated rings. The molecule has 4 heteroatoms. The van der Waals surface area contributed by atoms with Gasteiger partial charge < -0.3 is 5.32 Å². The molecule has 102 valence electrons. The Morgan fingerprint density at radius 2 is 2.17 bits per heavy atom. The Bertz CT molecular complexity index is 356. The second kappa shape index (κ2) is 6.62. The summed E-state index contributed by atoms with van der Waals surface area (Å²) in [6, 6.07) is 1.11. The van der Waals surface area contributed by atoms with Gasteiger partial charge in [0.15, 0.2) is 0 Å². The molecule has 1 aromatic heterocycles. The summed E-state index contributed by atoms with van der Waals surface area (Å²) in [5, 5.41) is 8.99. The van der Waals surface area contributed by atoms with E-state index in [0.29, 0.717) is 12.1 Å². The van der Waals surface area contributed by atoms with Crippen LogP contribution >= 0.6 is 11.8 Å². The van der Waals surface area contributed by atoms with Gasteiger partial charge in [0, 0.05) is 35.6 Å². The summed E-state index contributed by atoms with van der Waals surface area (Å²) >= 11 is 2.03. The number of aryl methyl sites for hydroxylation is 1. The van der Waals surface area contributed by atoms with Gasteiger partial charge in [0.2, 0.25) is 0 Å². The zero-order valence-corrected chi connectivity index (χ0v) is 12.5. The van der Waals surface area contributed by atoms with Crippen molar-refractivity contribution in [3.8, 4) is 0 Å². The quantitative estimate of drug-likeness (QED) is 0.888. The maximum absolute atomic E-state index is 4.35. The average Bonchev–Trinajstić information content (AvgIpc) is 2.88. The van der Waals surface area contributed by atoms with Crippen molar-refractivity contribution in [1.82, 2.24) is 15.1 Å². The first kappa shape index (κ1) is 13.9. The Hall–Kier alpha value is -0.480. The van der Waals surface area contributed by atoms with Crippen LogP contribution in [-0.4, -0.2) is 27.3 Å². The van der Waals surface area contributed by atoms with Crippen LogP contribution in [0.3, 0.4) is 0 Å². The topological polar surface area (TPSA) is 29.9 Å². The van der Waals surface area contributed by atoms with Crippen molar-refractivity contribution in [1.29, 1.82) is 0 Å². The lowest BCUT2D eigenvalue weighted by molar-refractivity contribution is 0.352. The van der Waals surface area contributed by atoms with E-state index in [1.54, 1.807) is 0 Å². The third-order valence-electron chi connectivity index (χ3n) is 3.97. The molecular formula is C14H25N3S. The Kier molecular flexibility index (Phi) is 5.13. The normalized spacial score (nSPS) is 26.2. The summed E-state index contributed by atoms with van der Waals surface area (Å²) in [5.74, 6) is 0. The Morgan fingerprint density at radius 1 is 1.44 bits per heavy atom. The van der Waals surface area contributed by atoms with Crippen LogP contribution in [-0.2, 0) is 6.54 Å². The number of nitrogens with one attached hydrogen (secondary N) is 1. The third-order valence-corrected chi connectivity index (χ3v) is 5.11. The minimum Gasteiger partial charge on any atom is -0.307 e. The molecule has 0 spiro atoms. The first-order chi connectivity index (χ1) is 8.72. The Morgan fingerprint density at radius 3 is 2.72 bits per heavy atom. The molecule has 1 unspecified atom stereocenters. The summed E-state index contributed by atoms with van der Waals surface area (Å²) in [6.45, 7) is 5.32. The number of nitrogens with zero attached hydrogens (tertiary/aromatic N) is 2. The lowest BCUT2D eigenvalue weighted by Crippen LogP contribution is -2.35. The smallest absolute Gasteiger partial charge is 0.0537 e. The maximum Gasteiger partial charge on any atom is 0.0537 e. The molecule has 0 amide bonds. The van der Waals surface area contributed by atoms with E-state index in [4.69, 9.17) is 0 Å². The largest absolute Gasteiger partial charge is 0.307 e. The molecule has 1 aliphatic rings. The average molecular weight is 267 g/mol. The van der Waals surface area contributed by atoms with Gasteiger partial charge in [0.1, 0.15) is 0 Å². The molecular weight excluding hydrogens is 242 g/mol. The minimum absolute atomic E-state index is 0.418. The number of thioether (sulfide) groups is 1.